The van der Waals surface area contributed by atoms with Crippen LogP contribution in [0.2, 0.25) is 10.0 Å². The van der Waals surface area contributed by atoms with Crippen LogP contribution in [0.3, 0.4) is 0 Å². The number of H-pyrrole nitrogens is 1. The van der Waals surface area contributed by atoms with Crippen molar-refractivity contribution in [1.82, 2.24) is 10.3 Å². The van der Waals surface area contributed by atoms with E-state index in [2.05, 4.69) is 16.4 Å². The highest BCUT2D eigenvalue weighted by Crippen LogP contribution is 2.38. The molecule has 2 N–H and O–H groups in total. The fourth-order valence-corrected chi connectivity index (χ4v) is 4.03. The third-order valence-corrected chi connectivity index (χ3v) is 5.23. The molecular formula is C19H16Cl2N2O2. The number of fused-ring (bicyclic) bond motifs is 3. The number of methoxy groups -OCH3 is 1. The lowest BCUT2D eigenvalue weighted by atomic mass is 9.90. The number of hydrogen-bond donors (Lipinski definition) is 2. The molecule has 1 aliphatic heterocycles. The van der Waals surface area contributed by atoms with Crippen molar-refractivity contribution >= 4 is 40.1 Å². The number of carbonyl (C=O) groups excluding carboxylic acids is 1. The van der Waals surface area contributed by atoms with Crippen molar-refractivity contribution in [3.63, 3.8) is 0 Å². The summed E-state index contributed by atoms with van der Waals surface area (Å²) < 4.78 is 4.96. The zero-order valence-electron chi connectivity index (χ0n) is 13.5. The Morgan fingerprint density at radius 3 is 2.76 bits per heavy atom. The van der Waals surface area contributed by atoms with Crippen LogP contribution < -0.4 is 5.32 Å². The average molecular weight is 375 g/mol. The minimum absolute atomic E-state index is 0.245. The molecule has 0 radical (unpaired) electrons. The Bertz CT molecular complexity index is 967. The van der Waals surface area contributed by atoms with E-state index in [1.54, 1.807) is 12.1 Å². The Balaban J connectivity index is 1.90. The Kier molecular flexibility index (Phi) is 4.20. The summed E-state index contributed by atoms with van der Waals surface area (Å²) in [5.74, 6) is -0.286. The third-order valence-electron chi connectivity index (χ3n) is 4.67. The molecule has 0 saturated carbocycles. The van der Waals surface area contributed by atoms with Gasteiger partial charge < -0.3 is 9.72 Å². The zero-order valence-corrected chi connectivity index (χ0v) is 15.0. The van der Waals surface area contributed by atoms with E-state index < -0.39 is 6.04 Å². The van der Waals surface area contributed by atoms with Gasteiger partial charge in [-0.1, -0.05) is 47.5 Å². The van der Waals surface area contributed by atoms with Crippen LogP contribution in [-0.4, -0.2) is 24.1 Å². The second-order valence-electron chi connectivity index (χ2n) is 6.11. The van der Waals surface area contributed by atoms with E-state index in [0.717, 1.165) is 27.7 Å². The highest BCUT2D eigenvalue weighted by molar-refractivity contribution is 6.35. The molecule has 0 amide bonds. The maximum absolute atomic E-state index is 12.2. The fraction of sp³-hybridized carbons (Fsp3) is 0.211. The van der Waals surface area contributed by atoms with Gasteiger partial charge in [-0.05, 0) is 29.3 Å². The molecule has 1 unspecified atom stereocenters. The maximum atomic E-state index is 12.2. The highest BCUT2D eigenvalue weighted by Gasteiger charge is 2.35. The zero-order chi connectivity index (χ0) is 17.6. The largest absolute Gasteiger partial charge is 0.468 e. The van der Waals surface area contributed by atoms with Gasteiger partial charge in [0, 0.05) is 33.1 Å². The number of ether oxygens (including phenoxy) is 1. The summed E-state index contributed by atoms with van der Waals surface area (Å²) in [7, 11) is 1.40. The maximum Gasteiger partial charge on any atom is 0.323 e. The van der Waals surface area contributed by atoms with E-state index in [4.69, 9.17) is 27.9 Å². The monoisotopic (exact) mass is 374 g/mol. The van der Waals surface area contributed by atoms with Crippen LogP contribution in [0.15, 0.2) is 42.5 Å². The first-order chi connectivity index (χ1) is 12.1. The highest BCUT2D eigenvalue weighted by atomic mass is 35.5. The van der Waals surface area contributed by atoms with Crippen molar-refractivity contribution < 1.29 is 9.53 Å². The van der Waals surface area contributed by atoms with Crippen LogP contribution >= 0.6 is 23.2 Å². The van der Waals surface area contributed by atoms with Crippen LogP contribution in [0.4, 0.5) is 0 Å². The summed E-state index contributed by atoms with van der Waals surface area (Å²) in [4.78, 5) is 15.7. The molecule has 0 aliphatic carbocycles. The molecular weight excluding hydrogens is 359 g/mol. The lowest BCUT2D eigenvalue weighted by Gasteiger charge is -2.30. The molecule has 0 fully saturated rings. The summed E-state index contributed by atoms with van der Waals surface area (Å²) in [6.45, 7) is 0. The van der Waals surface area contributed by atoms with Gasteiger partial charge in [-0.25, -0.2) is 0 Å². The van der Waals surface area contributed by atoms with Gasteiger partial charge in [0.1, 0.15) is 6.04 Å². The van der Waals surface area contributed by atoms with Crippen LogP contribution in [0.25, 0.3) is 10.9 Å². The lowest BCUT2D eigenvalue weighted by molar-refractivity contribution is -0.143. The molecule has 1 aliphatic rings. The molecule has 1 aromatic heterocycles. The second-order valence-corrected chi connectivity index (χ2v) is 6.95. The van der Waals surface area contributed by atoms with E-state index >= 15 is 0 Å². The van der Waals surface area contributed by atoms with Gasteiger partial charge in [-0.15, -0.1) is 0 Å². The number of para-hydroxylation sites is 1. The summed E-state index contributed by atoms with van der Waals surface area (Å²) in [5, 5.41) is 5.61. The molecule has 3 aromatic rings. The van der Waals surface area contributed by atoms with Crippen LogP contribution in [-0.2, 0) is 16.0 Å². The molecule has 2 atom stereocenters. The van der Waals surface area contributed by atoms with Crippen LogP contribution in [0, 0.1) is 0 Å². The van der Waals surface area contributed by atoms with Crippen molar-refractivity contribution in [3.8, 4) is 0 Å². The lowest BCUT2D eigenvalue weighted by Crippen LogP contribution is -2.45. The molecule has 4 nitrogen and oxygen atoms in total. The minimum atomic E-state index is -0.437. The van der Waals surface area contributed by atoms with Gasteiger partial charge in [0.05, 0.1) is 13.2 Å². The Hall–Kier alpha value is -2.01. The number of esters is 1. The van der Waals surface area contributed by atoms with Crippen molar-refractivity contribution in [1.29, 1.82) is 0 Å². The Morgan fingerprint density at radius 2 is 2.00 bits per heavy atom. The summed E-state index contributed by atoms with van der Waals surface area (Å²) in [6, 6.07) is 12.8. The molecule has 4 rings (SSSR count). The molecule has 0 bridgehead atoms. The second kappa shape index (κ2) is 6.37. The Morgan fingerprint density at radius 1 is 1.20 bits per heavy atom. The predicted molar refractivity (Wildman–Crippen MR) is 99.2 cm³/mol. The van der Waals surface area contributed by atoms with E-state index in [1.165, 1.54) is 7.11 Å². The van der Waals surface area contributed by atoms with E-state index in [0.29, 0.717) is 16.5 Å². The van der Waals surface area contributed by atoms with Gasteiger partial charge in [-0.3, -0.25) is 10.1 Å². The van der Waals surface area contributed by atoms with E-state index in [1.807, 2.05) is 24.3 Å². The van der Waals surface area contributed by atoms with Gasteiger partial charge in [0.25, 0.3) is 0 Å². The van der Waals surface area contributed by atoms with Crippen molar-refractivity contribution in [2.45, 2.75) is 18.5 Å². The van der Waals surface area contributed by atoms with Crippen molar-refractivity contribution in [3.05, 3.63) is 69.3 Å². The summed E-state index contributed by atoms with van der Waals surface area (Å²) >= 11 is 12.5. The summed E-state index contributed by atoms with van der Waals surface area (Å²) in [6.07, 6.45) is 0.563. The van der Waals surface area contributed by atoms with Gasteiger partial charge in [0.2, 0.25) is 0 Å². The van der Waals surface area contributed by atoms with Crippen LogP contribution in [0.5, 0.6) is 0 Å². The number of benzene rings is 2. The number of hydrogen-bond acceptors (Lipinski definition) is 3. The van der Waals surface area contributed by atoms with Crippen molar-refractivity contribution in [2.75, 3.05) is 7.11 Å². The fourth-order valence-electron chi connectivity index (χ4n) is 3.51. The molecule has 128 valence electrons. The number of aromatic amines is 1. The van der Waals surface area contributed by atoms with E-state index in [-0.39, 0.29) is 12.0 Å². The summed E-state index contributed by atoms with van der Waals surface area (Å²) in [5.41, 5.74) is 4.04. The number of rotatable bonds is 2. The molecule has 0 spiro atoms. The first-order valence-corrected chi connectivity index (χ1v) is 8.72. The van der Waals surface area contributed by atoms with Crippen LogP contribution in [0.1, 0.15) is 22.9 Å². The standard InChI is InChI=1S/C19H16Cl2N2O2/c1-25-19(24)16-9-13-11-4-2-3-5-15(11)22-18(13)17(23-16)12-7-6-10(20)8-14(12)21/h2-8,16-17,22-23H,9H2,1H3/t16-,17?/m0/s1. The molecule has 6 heteroatoms. The van der Waals surface area contributed by atoms with Crippen molar-refractivity contribution in [2.24, 2.45) is 0 Å². The first kappa shape index (κ1) is 16.5. The number of nitrogens with one attached hydrogen (secondary N) is 2. The minimum Gasteiger partial charge on any atom is -0.468 e. The normalized spacial score (nSPS) is 19.6. The first-order valence-electron chi connectivity index (χ1n) is 7.97. The number of carbonyl (C=O) groups is 1. The van der Waals surface area contributed by atoms with Gasteiger partial charge in [0.15, 0.2) is 0 Å². The smallest absolute Gasteiger partial charge is 0.323 e. The molecule has 0 saturated heterocycles. The number of aromatic nitrogens is 1. The quantitative estimate of drug-likeness (QED) is 0.659. The molecule has 2 heterocycles. The predicted octanol–water partition coefficient (Wildman–Crippen LogP) is 4.25. The molecule has 25 heavy (non-hydrogen) atoms. The average Bonchev–Trinajstić information content (AvgIpc) is 2.99. The van der Waals surface area contributed by atoms with Gasteiger partial charge >= 0.3 is 5.97 Å². The number of halogens is 2. The topological polar surface area (TPSA) is 54.1 Å². The van der Waals surface area contributed by atoms with Gasteiger partial charge in [-0.2, -0.15) is 0 Å². The molecule has 2 aromatic carbocycles. The Labute approximate surface area is 155 Å². The SMILES string of the molecule is COC(=O)[C@@H]1Cc2c([nH]c3ccccc23)C(c2ccc(Cl)cc2Cl)N1. The van der Waals surface area contributed by atoms with E-state index in [9.17, 15) is 4.79 Å². The third kappa shape index (κ3) is 2.80.